The molecule has 0 aliphatic heterocycles. The number of carbonyl (C=O) groups excluding carboxylic acids is 2. The number of methoxy groups -OCH3 is 1. The third-order valence-corrected chi connectivity index (χ3v) is 4.48. The van der Waals surface area contributed by atoms with Gasteiger partial charge >= 0.3 is 0 Å². The minimum atomic E-state index is -0.728. The Morgan fingerprint density at radius 3 is 2.52 bits per heavy atom. The van der Waals surface area contributed by atoms with Crippen LogP contribution in [0.25, 0.3) is 0 Å². The number of amides is 2. The normalized spacial score (nSPS) is 14.9. The first-order chi connectivity index (χ1) is 11.1. The maximum atomic E-state index is 12.7. The molecule has 0 radical (unpaired) electrons. The average Bonchev–Trinajstić information content (AvgIpc) is 3.42. The fraction of sp³-hybridized carbons (Fsp3) is 0.500. The lowest BCUT2D eigenvalue weighted by Gasteiger charge is -2.30. The lowest BCUT2D eigenvalue weighted by molar-refractivity contribution is -0.133. The minimum Gasteiger partial charge on any atom is -0.497 e. The van der Waals surface area contributed by atoms with Crippen molar-refractivity contribution in [3.05, 3.63) is 24.3 Å². The van der Waals surface area contributed by atoms with Crippen LogP contribution in [-0.4, -0.2) is 42.2 Å². The van der Waals surface area contributed by atoms with Gasteiger partial charge in [0.05, 0.1) is 7.11 Å². The van der Waals surface area contributed by atoms with Crippen LogP contribution < -0.4 is 15.1 Å². The summed E-state index contributed by atoms with van der Waals surface area (Å²) in [5.74, 6) is 0.733. The van der Waals surface area contributed by atoms with E-state index in [9.17, 15) is 9.59 Å². The highest BCUT2D eigenvalue weighted by Gasteiger charge is 2.39. The summed E-state index contributed by atoms with van der Waals surface area (Å²) in [6.45, 7) is 0. The number of rotatable bonds is 8. The highest BCUT2D eigenvalue weighted by atomic mass is 32.2. The lowest BCUT2D eigenvalue weighted by atomic mass is 10.1. The highest BCUT2D eigenvalue weighted by Crippen LogP contribution is 2.34. The zero-order chi connectivity index (χ0) is 16.8. The topological polar surface area (TPSA) is 78.9 Å². The summed E-state index contributed by atoms with van der Waals surface area (Å²) in [6.07, 6.45) is 4.11. The maximum Gasteiger partial charge on any atom is 0.266 e. The minimum absolute atomic E-state index is 0.0274. The molecule has 1 aliphatic rings. The summed E-state index contributed by atoms with van der Waals surface area (Å²) in [6, 6.07) is 6.30. The standard InChI is InChI=1S/C16H22N2O4S/c1-22-13-7-5-12(6-8-13)18(16(20)11-3-4-11)14(9-10-23-2)15(19)17-21/h5-8,11,14,21H,3-4,9-10H2,1-2H3,(H,17,19)/t14-/m1/s1. The molecule has 0 spiro atoms. The SMILES string of the molecule is COc1ccc(N(C(=O)C2CC2)[C@H](CCSC)C(=O)NO)cc1. The van der Waals surface area contributed by atoms with Crippen LogP contribution in [0.2, 0.25) is 0 Å². The number of hydrogen-bond acceptors (Lipinski definition) is 5. The van der Waals surface area contributed by atoms with Gasteiger partial charge in [0.15, 0.2) is 0 Å². The Morgan fingerprint density at radius 2 is 2.04 bits per heavy atom. The molecule has 23 heavy (non-hydrogen) atoms. The Hall–Kier alpha value is -1.73. The molecule has 6 nitrogen and oxygen atoms in total. The van der Waals surface area contributed by atoms with Crippen molar-refractivity contribution in [1.82, 2.24) is 5.48 Å². The first-order valence-electron chi connectivity index (χ1n) is 7.52. The predicted molar refractivity (Wildman–Crippen MR) is 89.9 cm³/mol. The van der Waals surface area contributed by atoms with Gasteiger partial charge in [0.1, 0.15) is 11.8 Å². The average molecular weight is 338 g/mol. The second-order valence-electron chi connectivity index (χ2n) is 5.45. The molecule has 1 aromatic rings. The number of carbonyl (C=O) groups is 2. The van der Waals surface area contributed by atoms with Crippen LogP contribution in [0, 0.1) is 5.92 Å². The summed E-state index contributed by atoms with van der Waals surface area (Å²) in [5.41, 5.74) is 2.33. The molecule has 126 valence electrons. The maximum absolute atomic E-state index is 12.7. The highest BCUT2D eigenvalue weighted by molar-refractivity contribution is 7.98. The van der Waals surface area contributed by atoms with Gasteiger partial charge in [0.2, 0.25) is 5.91 Å². The number of anilines is 1. The number of ether oxygens (including phenoxy) is 1. The van der Waals surface area contributed by atoms with Crippen LogP contribution in [0.3, 0.4) is 0 Å². The number of thioether (sulfide) groups is 1. The predicted octanol–water partition coefficient (Wildman–Crippen LogP) is 2.07. The first kappa shape index (κ1) is 17.6. The Labute approximate surface area is 140 Å². The summed E-state index contributed by atoms with van der Waals surface area (Å²) >= 11 is 1.59. The summed E-state index contributed by atoms with van der Waals surface area (Å²) in [5, 5.41) is 9.05. The molecule has 1 aromatic carbocycles. The van der Waals surface area contributed by atoms with Crippen molar-refractivity contribution in [3.63, 3.8) is 0 Å². The van der Waals surface area contributed by atoms with Crippen LogP contribution in [0.15, 0.2) is 24.3 Å². The van der Waals surface area contributed by atoms with Crippen LogP contribution in [0.4, 0.5) is 5.69 Å². The van der Waals surface area contributed by atoms with E-state index in [0.29, 0.717) is 23.6 Å². The van der Waals surface area contributed by atoms with Crippen molar-refractivity contribution < 1.29 is 19.5 Å². The van der Waals surface area contributed by atoms with Gasteiger partial charge in [0.25, 0.3) is 5.91 Å². The molecule has 2 rings (SSSR count). The fourth-order valence-electron chi connectivity index (χ4n) is 2.41. The molecule has 0 unspecified atom stereocenters. The van der Waals surface area contributed by atoms with Gasteiger partial charge in [0, 0.05) is 11.6 Å². The van der Waals surface area contributed by atoms with E-state index in [2.05, 4.69) is 0 Å². The number of hydrogen-bond donors (Lipinski definition) is 2. The van der Waals surface area contributed by atoms with E-state index in [0.717, 1.165) is 12.8 Å². The molecule has 2 amide bonds. The molecule has 7 heteroatoms. The molecular weight excluding hydrogens is 316 g/mol. The van der Waals surface area contributed by atoms with E-state index in [4.69, 9.17) is 9.94 Å². The van der Waals surface area contributed by atoms with Gasteiger partial charge in [-0.2, -0.15) is 11.8 Å². The Balaban J connectivity index is 2.33. The van der Waals surface area contributed by atoms with E-state index in [1.807, 2.05) is 6.26 Å². The van der Waals surface area contributed by atoms with Crippen LogP contribution in [-0.2, 0) is 9.59 Å². The zero-order valence-electron chi connectivity index (χ0n) is 13.3. The van der Waals surface area contributed by atoms with Gasteiger partial charge in [-0.05, 0) is 55.5 Å². The van der Waals surface area contributed by atoms with Crippen LogP contribution >= 0.6 is 11.8 Å². The fourth-order valence-corrected chi connectivity index (χ4v) is 2.87. The van der Waals surface area contributed by atoms with Gasteiger partial charge in [-0.25, -0.2) is 5.48 Å². The smallest absolute Gasteiger partial charge is 0.266 e. The van der Waals surface area contributed by atoms with Gasteiger partial charge in [-0.1, -0.05) is 0 Å². The van der Waals surface area contributed by atoms with E-state index >= 15 is 0 Å². The quantitative estimate of drug-likeness (QED) is 0.560. The van der Waals surface area contributed by atoms with Crippen molar-refractivity contribution in [2.24, 2.45) is 5.92 Å². The van der Waals surface area contributed by atoms with Crippen molar-refractivity contribution >= 4 is 29.3 Å². The van der Waals surface area contributed by atoms with E-state index in [1.165, 1.54) is 4.90 Å². The lowest BCUT2D eigenvalue weighted by Crippen LogP contribution is -2.50. The van der Waals surface area contributed by atoms with Crippen LogP contribution in [0.5, 0.6) is 5.75 Å². The Bertz CT molecular complexity index is 546. The largest absolute Gasteiger partial charge is 0.497 e. The number of nitrogens with one attached hydrogen (secondary N) is 1. The molecule has 0 heterocycles. The number of benzene rings is 1. The molecule has 1 saturated carbocycles. The second kappa shape index (κ2) is 8.21. The molecular formula is C16H22N2O4S. The third kappa shape index (κ3) is 4.39. The Kier molecular flexibility index (Phi) is 6.29. The third-order valence-electron chi connectivity index (χ3n) is 3.83. The number of nitrogens with zero attached hydrogens (tertiary/aromatic N) is 1. The van der Waals surface area contributed by atoms with Crippen molar-refractivity contribution in [2.45, 2.75) is 25.3 Å². The first-order valence-corrected chi connectivity index (χ1v) is 8.91. The van der Waals surface area contributed by atoms with E-state index < -0.39 is 11.9 Å². The van der Waals surface area contributed by atoms with Gasteiger partial charge in [-0.3, -0.25) is 19.7 Å². The van der Waals surface area contributed by atoms with Crippen LogP contribution in [0.1, 0.15) is 19.3 Å². The summed E-state index contributed by atoms with van der Waals surface area (Å²) < 4.78 is 5.14. The van der Waals surface area contributed by atoms with Crippen molar-refractivity contribution in [2.75, 3.05) is 24.0 Å². The van der Waals surface area contributed by atoms with Gasteiger partial charge in [-0.15, -0.1) is 0 Å². The van der Waals surface area contributed by atoms with Gasteiger partial charge < -0.3 is 4.74 Å². The Morgan fingerprint density at radius 1 is 1.39 bits per heavy atom. The molecule has 1 aliphatic carbocycles. The van der Waals surface area contributed by atoms with Crippen molar-refractivity contribution in [3.8, 4) is 5.75 Å². The van der Waals surface area contributed by atoms with E-state index in [1.54, 1.807) is 48.6 Å². The zero-order valence-corrected chi connectivity index (χ0v) is 14.1. The summed E-state index contributed by atoms with van der Waals surface area (Å²) in [4.78, 5) is 26.3. The number of hydroxylamine groups is 1. The molecule has 1 atom stereocenters. The molecule has 2 N–H and O–H groups in total. The van der Waals surface area contributed by atoms with Crippen molar-refractivity contribution in [1.29, 1.82) is 0 Å². The summed E-state index contributed by atoms with van der Waals surface area (Å²) in [7, 11) is 1.57. The second-order valence-corrected chi connectivity index (χ2v) is 6.44. The monoisotopic (exact) mass is 338 g/mol. The molecule has 0 bridgehead atoms. The molecule has 0 saturated heterocycles. The molecule has 0 aromatic heterocycles. The van der Waals surface area contributed by atoms with E-state index in [-0.39, 0.29) is 11.8 Å². The molecule has 1 fully saturated rings.